The van der Waals surface area contributed by atoms with Crippen molar-refractivity contribution in [2.75, 3.05) is 19.3 Å². The van der Waals surface area contributed by atoms with Gasteiger partial charge in [-0.3, -0.25) is 0 Å². The van der Waals surface area contributed by atoms with Gasteiger partial charge in [0, 0.05) is 13.6 Å². The standard InChI is InChI=1S/C13H20N2O3S/c1-9-3-4-13(12(14)5-9)19(17,18)15(2)8-10-6-11(16)7-10/h3-5,10-11,16H,6-8,14H2,1-2H3. The zero-order valence-electron chi connectivity index (χ0n) is 11.2. The van der Waals surface area contributed by atoms with Gasteiger partial charge in [0.15, 0.2) is 0 Å². The van der Waals surface area contributed by atoms with Crippen LogP contribution in [0.2, 0.25) is 0 Å². The number of aliphatic hydroxyl groups is 1. The van der Waals surface area contributed by atoms with Crippen molar-refractivity contribution in [1.29, 1.82) is 0 Å². The lowest BCUT2D eigenvalue weighted by molar-refractivity contribution is 0.0367. The molecule has 0 bridgehead atoms. The van der Waals surface area contributed by atoms with Gasteiger partial charge in [-0.05, 0) is 43.4 Å². The van der Waals surface area contributed by atoms with Crippen molar-refractivity contribution >= 4 is 15.7 Å². The van der Waals surface area contributed by atoms with Gasteiger partial charge in [-0.15, -0.1) is 0 Å². The largest absolute Gasteiger partial charge is 0.398 e. The number of anilines is 1. The first-order chi connectivity index (χ1) is 8.80. The number of hydrogen-bond donors (Lipinski definition) is 2. The molecule has 5 nitrogen and oxygen atoms in total. The van der Waals surface area contributed by atoms with E-state index in [1.165, 1.54) is 4.31 Å². The van der Waals surface area contributed by atoms with E-state index in [2.05, 4.69) is 0 Å². The zero-order valence-corrected chi connectivity index (χ0v) is 12.0. The van der Waals surface area contributed by atoms with E-state index in [4.69, 9.17) is 5.73 Å². The molecule has 0 amide bonds. The highest BCUT2D eigenvalue weighted by Gasteiger charge is 2.32. The number of aliphatic hydroxyl groups excluding tert-OH is 1. The third-order valence-corrected chi connectivity index (χ3v) is 5.48. The second-order valence-electron chi connectivity index (χ2n) is 5.32. The Morgan fingerprint density at radius 2 is 2.05 bits per heavy atom. The van der Waals surface area contributed by atoms with Gasteiger partial charge in [-0.2, -0.15) is 0 Å². The van der Waals surface area contributed by atoms with E-state index >= 15 is 0 Å². The molecule has 1 aromatic carbocycles. The molecular weight excluding hydrogens is 264 g/mol. The van der Waals surface area contributed by atoms with Crippen molar-refractivity contribution in [3.05, 3.63) is 23.8 Å². The van der Waals surface area contributed by atoms with Crippen LogP contribution in [0.5, 0.6) is 0 Å². The van der Waals surface area contributed by atoms with Gasteiger partial charge < -0.3 is 10.8 Å². The average molecular weight is 284 g/mol. The van der Waals surface area contributed by atoms with Crippen LogP contribution in [0.25, 0.3) is 0 Å². The molecular formula is C13H20N2O3S. The molecule has 1 saturated carbocycles. The molecule has 3 N–H and O–H groups in total. The molecule has 0 atom stereocenters. The number of hydrogen-bond acceptors (Lipinski definition) is 4. The second-order valence-corrected chi connectivity index (χ2v) is 7.33. The number of nitrogen functional groups attached to an aromatic ring is 1. The topological polar surface area (TPSA) is 83.6 Å². The third kappa shape index (κ3) is 2.91. The molecule has 0 aliphatic heterocycles. The lowest BCUT2D eigenvalue weighted by Gasteiger charge is -2.34. The molecule has 6 heteroatoms. The van der Waals surface area contributed by atoms with Crippen LogP contribution in [-0.4, -0.2) is 37.5 Å². The third-order valence-electron chi connectivity index (χ3n) is 3.58. The molecule has 1 aliphatic carbocycles. The Morgan fingerprint density at radius 3 is 2.58 bits per heavy atom. The van der Waals surface area contributed by atoms with Gasteiger partial charge >= 0.3 is 0 Å². The molecule has 0 saturated heterocycles. The van der Waals surface area contributed by atoms with E-state index in [0.29, 0.717) is 19.4 Å². The van der Waals surface area contributed by atoms with Crippen LogP contribution in [0.4, 0.5) is 5.69 Å². The van der Waals surface area contributed by atoms with Gasteiger partial charge in [-0.25, -0.2) is 12.7 Å². The van der Waals surface area contributed by atoms with Crippen LogP contribution >= 0.6 is 0 Å². The Bertz CT molecular complexity index is 565. The van der Waals surface area contributed by atoms with E-state index in [0.717, 1.165) is 5.56 Å². The fourth-order valence-corrected chi connectivity index (χ4v) is 3.72. The number of nitrogens with zero attached hydrogens (tertiary/aromatic N) is 1. The lowest BCUT2D eigenvalue weighted by Crippen LogP contribution is -2.39. The van der Waals surface area contributed by atoms with Crippen LogP contribution in [0.3, 0.4) is 0 Å². The highest BCUT2D eigenvalue weighted by Crippen LogP contribution is 2.30. The van der Waals surface area contributed by atoms with Gasteiger partial charge in [0.1, 0.15) is 4.90 Å². The molecule has 1 aromatic rings. The molecule has 0 unspecified atom stereocenters. The number of sulfonamides is 1. The van der Waals surface area contributed by atoms with Crippen LogP contribution in [0, 0.1) is 12.8 Å². The zero-order chi connectivity index (χ0) is 14.2. The minimum absolute atomic E-state index is 0.153. The van der Waals surface area contributed by atoms with Crippen molar-refractivity contribution in [2.45, 2.75) is 30.8 Å². The van der Waals surface area contributed by atoms with Crippen LogP contribution < -0.4 is 5.73 Å². The van der Waals surface area contributed by atoms with Gasteiger partial charge in [0.2, 0.25) is 10.0 Å². The quantitative estimate of drug-likeness (QED) is 0.807. The smallest absolute Gasteiger partial charge is 0.244 e. The molecule has 0 heterocycles. The monoisotopic (exact) mass is 284 g/mol. The second kappa shape index (κ2) is 5.11. The fraction of sp³-hybridized carbons (Fsp3) is 0.538. The Morgan fingerprint density at radius 1 is 1.42 bits per heavy atom. The Balaban J connectivity index is 2.16. The van der Waals surface area contributed by atoms with Gasteiger partial charge in [0.05, 0.1) is 11.8 Å². The number of benzene rings is 1. The van der Waals surface area contributed by atoms with Crippen molar-refractivity contribution < 1.29 is 13.5 Å². The summed E-state index contributed by atoms with van der Waals surface area (Å²) >= 11 is 0. The molecule has 0 radical (unpaired) electrons. The summed E-state index contributed by atoms with van der Waals surface area (Å²) in [4.78, 5) is 0.153. The maximum absolute atomic E-state index is 12.4. The van der Waals surface area contributed by atoms with E-state index in [1.54, 1.807) is 25.2 Å². The summed E-state index contributed by atoms with van der Waals surface area (Å²) < 4.78 is 26.1. The van der Waals surface area contributed by atoms with Gasteiger partial charge in [-0.1, -0.05) is 6.07 Å². The first-order valence-electron chi connectivity index (χ1n) is 6.31. The van der Waals surface area contributed by atoms with E-state index in [-0.39, 0.29) is 22.6 Å². The van der Waals surface area contributed by atoms with E-state index in [9.17, 15) is 13.5 Å². The summed E-state index contributed by atoms with van der Waals surface area (Å²) in [5.74, 6) is 0.237. The lowest BCUT2D eigenvalue weighted by atomic mass is 9.82. The van der Waals surface area contributed by atoms with E-state index in [1.807, 2.05) is 6.92 Å². The first-order valence-corrected chi connectivity index (χ1v) is 7.75. The Hall–Kier alpha value is -1.11. The summed E-state index contributed by atoms with van der Waals surface area (Å²) in [5.41, 5.74) is 7.01. The van der Waals surface area contributed by atoms with Gasteiger partial charge in [0.25, 0.3) is 0 Å². The molecule has 2 rings (SSSR count). The Kier molecular flexibility index (Phi) is 3.85. The maximum atomic E-state index is 12.4. The fourth-order valence-electron chi connectivity index (χ4n) is 2.38. The molecule has 0 spiro atoms. The van der Waals surface area contributed by atoms with E-state index < -0.39 is 10.0 Å². The number of rotatable bonds is 4. The summed E-state index contributed by atoms with van der Waals surface area (Å²) in [6, 6.07) is 4.95. The number of aryl methyl sites for hydroxylation is 1. The summed E-state index contributed by atoms with van der Waals surface area (Å²) in [7, 11) is -1.99. The van der Waals surface area contributed by atoms with Crippen LogP contribution in [0.15, 0.2) is 23.1 Å². The predicted octanol–water partition coefficient (Wildman–Crippen LogP) is 0.969. The SMILES string of the molecule is Cc1ccc(S(=O)(=O)N(C)CC2CC(O)C2)c(N)c1. The van der Waals surface area contributed by atoms with Crippen molar-refractivity contribution in [2.24, 2.45) is 5.92 Å². The van der Waals surface area contributed by atoms with Crippen LogP contribution in [0.1, 0.15) is 18.4 Å². The number of nitrogens with two attached hydrogens (primary N) is 1. The summed E-state index contributed by atoms with van der Waals surface area (Å²) in [6.07, 6.45) is 1.07. The summed E-state index contributed by atoms with van der Waals surface area (Å²) in [6.45, 7) is 2.29. The average Bonchev–Trinajstić information content (AvgIpc) is 2.26. The molecule has 0 aromatic heterocycles. The normalized spacial score (nSPS) is 23.4. The molecule has 1 fully saturated rings. The first kappa shape index (κ1) is 14.3. The summed E-state index contributed by atoms with van der Waals surface area (Å²) in [5, 5.41) is 9.24. The van der Waals surface area contributed by atoms with Crippen molar-refractivity contribution in [3.63, 3.8) is 0 Å². The highest BCUT2D eigenvalue weighted by atomic mass is 32.2. The molecule has 106 valence electrons. The minimum Gasteiger partial charge on any atom is -0.398 e. The molecule has 1 aliphatic rings. The Labute approximate surface area is 114 Å². The van der Waals surface area contributed by atoms with Crippen molar-refractivity contribution in [3.8, 4) is 0 Å². The highest BCUT2D eigenvalue weighted by molar-refractivity contribution is 7.89. The maximum Gasteiger partial charge on any atom is 0.244 e. The molecule has 19 heavy (non-hydrogen) atoms. The van der Waals surface area contributed by atoms with Crippen LogP contribution in [-0.2, 0) is 10.0 Å². The minimum atomic E-state index is -3.55. The van der Waals surface area contributed by atoms with Crippen molar-refractivity contribution in [1.82, 2.24) is 4.31 Å². The predicted molar refractivity (Wildman–Crippen MR) is 74.1 cm³/mol.